The predicted molar refractivity (Wildman–Crippen MR) is 97.7 cm³/mol. The van der Waals surface area contributed by atoms with Gasteiger partial charge in [-0.25, -0.2) is 8.42 Å². The van der Waals surface area contributed by atoms with Crippen molar-refractivity contribution in [2.45, 2.75) is 34.9 Å². The van der Waals surface area contributed by atoms with Gasteiger partial charge in [0.25, 0.3) is 0 Å². The largest absolute Gasteiger partial charge is 0.309 e. The van der Waals surface area contributed by atoms with Gasteiger partial charge in [-0.1, -0.05) is 37.3 Å². The Morgan fingerprint density at radius 2 is 1.61 bits per heavy atom. The van der Waals surface area contributed by atoms with Crippen LogP contribution in [0.5, 0.6) is 0 Å². The number of thioether (sulfide) groups is 1. The second-order valence-corrected chi connectivity index (χ2v) is 9.24. The lowest BCUT2D eigenvalue weighted by Gasteiger charge is -2.18. The zero-order valence-corrected chi connectivity index (χ0v) is 15.3. The Kier molecular flexibility index (Phi) is 6.27. The molecule has 1 N–H and O–H groups in total. The van der Waals surface area contributed by atoms with Crippen LogP contribution in [0.25, 0.3) is 0 Å². The first-order valence-electron chi connectivity index (χ1n) is 7.61. The Hall–Kier alpha value is -1.30. The first kappa shape index (κ1) is 18.0. The maximum absolute atomic E-state index is 11.5. The third-order valence-electron chi connectivity index (χ3n) is 3.60. The molecule has 2 atom stereocenters. The lowest BCUT2D eigenvalue weighted by molar-refractivity contribution is 0.575. The summed E-state index contributed by atoms with van der Waals surface area (Å²) in [6.45, 7) is 5.17. The van der Waals surface area contributed by atoms with E-state index in [1.165, 1.54) is 11.2 Å². The van der Waals surface area contributed by atoms with Crippen LogP contribution in [0.3, 0.4) is 0 Å². The Morgan fingerprint density at radius 1 is 1.00 bits per heavy atom. The second-order valence-electron chi connectivity index (χ2n) is 5.71. The van der Waals surface area contributed by atoms with E-state index >= 15 is 0 Å². The SMILES string of the molecule is C[C@@H](CN[C@H](C)c1ccc(S(C)(=O)=O)cc1)Sc1ccccc1. The van der Waals surface area contributed by atoms with Gasteiger partial charge in [0.05, 0.1) is 4.90 Å². The number of rotatable bonds is 7. The molecule has 0 fully saturated rings. The van der Waals surface area contributed by atoms with E-state index in [-0.39, 0.29) is 6.04 Å². The van der Waals surface area contributed by atoms with E-state index in [2.05, 4.69) is 43.4 Å². The first-order valence-corrected chi connectivity index (χ1v) is 10.4. The van der Waals surface area contributed by atoms with Crippen molar-refractivity contribution in [3.8, 4) is 0 Å². The van der Waals surface area contributed by atoms with Crippen molar-refractivity contribution in [3.05, 3.63) is 60.2 Å². The van der Waals surface area contributed by atoms with Crippen molar-refractivity contribution in [3.63, 3.8) is 0 Å². The Balaban J connectivity index is 1.88. The Bertz CT molecular complexity index is 712. The van der Waals surface area contributed by atoms with Crippen LogP contribution in [-0.4, -0.2) is 26.5 Å². The standard InChI is InChI=1S/C18H23NO2S2/c1-14(22-17-7-5-4-6-8-17)13-19-15(2)16-9-11-18(12-10-16)23(3,20)21/h4-12,14-15,19H,13H2,1-3H3/t14-,15+/m0/s1. The summed E-state index contributed by atoms with van der Waals surface area (Å²) in [6.07, 6.45) is 1.23. The first-order chi connectivity index (χ1) is 10.9. The van der Waals surface area contributed by atoms with Crippen LogP contribution in [0.1, 0.15) is 25.5 Å². The van der Waals surface area contributed by atoms with Gasteiger partial charge in [-0.3, -0.25) is 0 Å². The van der Waals surface area contributed by atoms with Gasteiger partial charge in [0.1, 0.15) is 0 Å². The number of hydrogen-bond acceptors (Lipinski definition) is 4. The molecule has 0 aliphatic heterocycles. The van der Waals surface area contributed by atoms with Crippen molar-refractivity contribution in [2.75, 3.05) is 12.8 Å². The normalized spacial score (nSPS) is 14.4. The summed E-state index contributed by atoms with van der Waals surface area (Å²) in [7, 11) is -3.13. The van der Waals surface area contributed by atoms with Gasteiger partial charge in [0.2, 0.25) is 0 Å². The highest BCUT2D eigenvalue weighted by Gasteiger charge is 2.11. The van der Waals surface area contributed by atoms with Crippen molar-refractivity contribution in [2.24, 2.45) is 0 Å². The predicted octanol–water partition coefficient (Wildman–Crippen LogP) is 3.92. The van der Waals surface area contributed by atoms with Crippen LogP contribution in [0.4, 0.5) is 0 Å². The summed E-state index contributed by atoms with van der Waals surface area (Å²) in [6, 6.07) is 17.6. The number of nitrogens with one attached hydrogen (secondary N) is 1. The van der Waals surface area contributed by atoms with Crippen LogP contribution in [0, 0.1) is 0 Å². The van der Waals surface area contributed by atoms with Crippen molar-refractivity contribution in [1.82, 2.24) is 5.32 Å². The molecule has 0 aliphatic rings. The highest BCUT2D eigenvalue weighted by Crippen LogP contribution is 2.23. The molecular weight excluding hydrogens is 326 g/mol. The molecule has 0 radical (unpaired) electrons. The van der Waals surface area contributed by atoms with Gasteiger partial charge in [-0.2, -0.15) is 0 Å². The molecule has 0 amide bonds. The molecule has 0 saturated carbocycles. The molecular formula is C18H23NO2S2. The summed E-state index contributed by atoms with van der Waals surface area (Å²) in [4.78, 5) is 1.63. The Labute approximate surface area is 143 Å². The van der Waals surface area contributed by atoms with E-state index in [0.717, 1.165) is 12.1 Å². The van der Waals surface area contributed by atoms with Crippen LogP contribution in [0.15, 0.2) is 64.4 Å². The van der Waals surface area contributed by atoms with Crippen LogP contribution < -0.4 is 5.32 Å². The minimum absolute atomic E-state index is 0.183. The molecule has 23 heavy (non-hydrogen) atoms. The fourth-order valence-corrected chi connectivity index (χ4v) is 3.83. The molecule has 0 aromatic heterocycles. The fraction of sp³-hybridized carbons (Fsp3) is 0.333. The highest BCUT2D eigenvalue weighted by molar-refractivity contribution is 8.00. The lowest BCUT2D eigenvalue weighted by Crippen LogP contribution is -2.25. The Morgan fingerprint density at radius 3 is 2.17 bits per heavy atom. The van der Waals surface area contributed by atoms with Gasteiger partial charge in [0, 0.05) is 29.0 Å². The van der Waals surface area contributed by atoms with Crippen LogP contribution in [-0.2, 0) is 9.84 Å². The zero-order valence-electron chi connectivity index (χ0n) is 13.7. The summed E-state index contributed by atoms with van der Waals surface area (Å²) < 4.78 is 23.0. The van der Waals surface area contributed by atoms with Gasteiger partial charge >= 0.3 is 0 Å². The second kappa shape index (κ2) is 7.99. The van der Waals surface area contributed by atoms with E-state index < -0.39 is 9.84 Å². The monoisotopic (exact) mass is 349 g/mol. The van der Waals surface area contributed by atoms with Crippen LogP contribution >= 0.6 is 11.8 Å². The summed E-state index contributed by atoms with van der Waals surface area (Å²) in [5.74, 6) is 0. The zero-order chi connectivity index (χ0) is 16.9. The van der Waals surface area contributed by atoms with Gasteiger partial charge < -0.3 is 5.32 Å². The number of hydrogen-bond donors (Lipinski definition) is 1. The number of benzene rings is 2. The minimum atomic E-state index is -3.13. The smallest absolute Gasteiger partial charge is 0.175 e. The average molecular weight is 350 g/mol. The molecule has 0 spiro atoms. The fourth-order valence-electron chi connectivity index (χ4n) is 2.24. The molecule has 2 rings (SSSR count). The average Bonchev–Trinajstić information content (AvgIpc) is 2.53. The molecule has 0 aliphatic carbocycles. The molecule has 124 valence electrons. The highest BCUT2D eigenvalue weighted by atomic mass is 32.2. The summed E-state index contributed by atoms with van der Waals surface area (Å²) in [5, 5.41) is 3.96. The van der Waals surface area contributed by atoms with Crippen molar-refractivity contribution in [1.29, 1.82) is 0 Å². The van der Waals surface area contributed by atoms with Crippen LogP contribution in [0.2, 0.25) is 0 Å². The van der Waals surface area contributed by atoms with Gasteiger partial charge in [0.15, 0.2) is 9.84 Å². The molecule has 3 nitrogen and oxygen atoms in total. The molecule has 5 heteroatoms. The van der Waals surface area contributed by atoms with E-state index in [4.69, 9.17) is 0 Å². The summed E-state index contributed by atoms with van der Waals surface area (Å²) >= 11 is 1.84. The van der Waals surface area contributed by atoms with E-state index in [1.54, 1.807) is 12.1 Å². The van der Waals surface area contributed by atoms with E-state index in [9.17, 15) is 8.42 Å². The third-order valence-corrected chi connectivity index (χ3v) is 5.84. The summed E-state index contributed by atoms with van der Waals surface area (Å²) in [5.41, 5.74) is 1.09. The molecule has 2 aromatic rings. The maximum atomic E-state index is 11.5. The maximum Gasteiger partial charge on any atom is 0.175 e. The van der Waals surface area contributed by atoms with Crippen molar-refractivity contribution >= 4 is 21.6 Å². The quantitative estimate of drug-likeness (QED) is 0.770. The van der Waals surface area contributed by atoms with Gasteiger partial charge in [-0.05, 0) is 36.8 Å². The molecule has 0 bridgehead atoms. The molecule has 0 heterocycles. The molecule has 0 unspecified atom stereocenters. The molecule has 2 aromatic carbocycles. The van der Waals surface area contributed by atoms with E-state index in [0.29, 0.717) is 10.1 Å². The lowest BCUT2D eigenvalue weighted by atomic mass is 10.1. The number of sulfone groups is 1. The topological polar surface area (TPSA) is 46.2 Å². The van der Waals surface area contributed by atoms with Crippen molar-refractivity contribution < 1.29 is 8.42 Å². The van der Waals surface area contributed by atoms with Gasteiger partial charge in [-0.15, -0.1) is 11.8 Å². The van der Waals surface area contributed by atoms with E-state index in [1.807, 2.05) is 30.0 Å². The third kappa shape index (κ3) is 5.68. The molecule has 0 saturated heterocycles. The minimum Gasteiger partial charge on any atom is -0.309 e.